The van der Waals surface area contributed by atoms with E-state index in [-0.39, 0.29) is 12.0 Å². The van der Waals surface area contributed by atoms with Gasteiger partial charge in [0.25, 0.3) is 0 Å². The lowest BCUT2D eigenvalue weighted by Gasteiger charge is -2.33. The van der Waals surface area contributed by atoms with Crippen LogP contribution in [0.25, 0.3) is 11.4 Å². The number of aliphatic carboxylic acids is 1. The summed E-state index contributed by atoms with van der Waals surface area (Å²) in [5.41, 5.74) is 0.832. The van der Waals surface area contributed by atoms with Gasteiger partial charge in [0.05, 0.1) is 12.0 Å². The van der Waals surface area contributed by atoms with E-state index < -0.39 is 5.97 Å². The molecule has 0 amide bonds. The molecule has 0 spiro atoms. The fourth-order valence-corrected chi connectivity index (χ4v) is 2.96. The second kappa shape index (κ2) is 6.68. The molecule has 1 fully saturated rings. The SMILES string of the molecule is CC(c1nc(-c2ccc(Cl)cc2)no1)N1CCCC(C(=O)O)C1. The smallest absolute Gasteiger partial charge is 0.307 e. The number of carboxylic acid groups (broad SMARTS) is 1. The third-order valence-corrected chi connectivity index (χ3v) is 4.50. The average molecular weight is 336 g/mol. The normalized spacial score (nSPS) is 20.3. The van der Waals surface area contributed by atoms with Crippen molar-refractivity contribution in [2.24, 2.45) is 5.92 Å². The molecule has 1 aromatic carbocycles. The monoisotopic (exact) mass is 335 g/mol. The van der Waals surface area contributed by atoms with Crippen molar-refractivity contribution in [2.75, 3.05) is 13.1 Å². The highest BCUT2D eigenvalue weighted by molar-refractivity contribution is 6.30. The van der Waals surface area contributed by atoms with Gasteiger partial charge in [0.2, 0.25) is 11.7 Å². The summed E-state index contributed by atoms with van der Waals surface area (Å²) in [5, 5.41) is 13.9. The molecule has 1 saturated heterocycles. The molecule has 2 unspecified atom stereocenters. The second-order valence-electron chi connectivity index (χ2n) is 5.81. The molecular formula is C16H18ClN3O3. The number of aromatic nitrogens is 2. The number of halogens is 1. The van der Waals surface area contributed by atoms with Crippen LogP contribution in [-0.4, -0.2) is 39.2 Å². The minimum absolute atomic E-state index is 0.106. The summed E-state index contributed by atoms with van der Waals surface area (Å²) in [6.07, 6.45) is 1.58. The number of carboxylic acids is 1. The number of rotatable bonds is 4. The average Bonchev–Trinajstić information content (AvgIpc) is 3.05. The Bertz CT molecular complexity index is 686. The van der Waals surface area contributed by atoms with Gasteiger partial charge < -0.3 is 9.63 Å². The third-order valence-electron chi connectivity index (χ3n) is 4.25. The zero-order valence-electron chi connectivity index (χ0n) is 12.8. The van der Waals surface area contributed by atoms with Crippen LogP contribution in [0.4, 0.5) is 0 Å². The van der Waals surface area contributed by atoms with Crippen LogP contribution in [0.3, 0.4) is 0 Å². The molecule has 0 radical (unpaired) electrons. The number of benzene rings is 1. The molecule has 1 N–H and O–H groups in total. The first-order valence-electron chi connectivity index (χ1n) is 7.61. The summed E-state index contributed by atoms with van der Waals surface area (Å²) in [6.45, 7) is 3.31. The van der Waals surface area contributed by atoms with Crippen LogP contribution in [0, 0.1) is 5.92 Å². The Balaban J connectivity index is 1.74. The van der Waals surface area contributed by atoms with E-state index in [0.717, 1.165) is 24.9 Å². The molecule has 6 nitrogen and oxygen atoms in total. The van der Waals surface area contributed by atoms with Crippen LogP contribution in [-0.2, 0) is 4.79 Å². The summed E-state index contributed by atoms with van der Waals surface area (Å²) in [4.78, 5) is 17.7. The van der Waals surface area contributed by atoms with Crippen molar-refractivity contribution in [3.8, 4) is 11.4 Å². The minimum atomic E-state index is -0.741. The zero-order valence-corrected chi connectivity index (χ0v) is 13.5. The first-order chi connectivity index (χ1) is 11.0. The summed E-state index contributed by atoms with van der Waals surface area (Å²) in [6, 6.07) is 7.12. The Labute approximate surface area is 139 Å². The number of nitrogens with zero attached hydrogens (tertiary/aromatic N) is 3. The molecule has 7 heteroatoms. The summed E-state index contributed by atoms with van der Waals surface area (Å²) in [5.74, 6) is -0.0598. The lowest BCUT2D eigenvalue weighted by atomic mass is 9.97. The Morgan fingerprint density at radius 2 is 2.17 bits per heavy atom. The molecule has 1 aromatic heterocycles. The predicted octanol–water partition coefficient (Wildman–Crippen LogP) is 3.25. The highest BCUT2D eigenvalue weighted by atomic mass is 35.5. The van der Waals surface area contributed by atoms with Crippen LogP contribution in [0.15, 0.2) is 28.8 Å². The lowest BCUT2D eigenvalue weighted by Crippen LogP contribution is -2.40. The molecule has 23 heavy (non-hydrogen) atoms. The molecule has 0 saturated carbocycles. The zero-order chi connectivity index (χ0) is 16.4. The number of carbonyl (C=O) groups is 1. The van der Waals surface area contributed by atoms with Gasteiger partial charge in [0.15, 0.2) is 0 Å². The Morgan fingerprint density at radius 1 is 1.43 bits per heavy atom. The fraction of sp³-hybridized carbons (Fsp3) is 0.438. The predicted molar refractivity (Wildman–Crippen MR) is 85.1 cm³/mol. The Morgan fingerprint density at radius 3 is 2.87 bits per heavy atom. The highest BCUT2D eigenvalue weighted by Gasteiger charge is 2.30. The number of piperidine rings is 1. The first-order valence-corrected chi connectivity index (χ1v) is 7.99. The van der Waals surface area contributed by atoms with Crippen LogP contribution < -0.4 is 0 Å². The van der Waals surface area contributed by atoms with E-state index >= 15 is 0 Å². The quantitative estimate of drug-likeness (QED) is 0.923. The van der Waals surface area contributed by atoms with Crippen molar-refractivity contribution in [1.29, 1.82) is 0 Å². The van der Waals surface area contributed by atoms with Crippen molar-refractivity contribution in [2.45, 2.75) is 25.8 Å². The van der Waals surface area contributed by atoms with E-state index in [1.165, 1.54) is 0 Å². The van der Waals surface area contributed by atoms with E-state index in [9.17, 15) is 9.90 Å². The molecule has 1 aliphatic heterocycles. The summed E-state index contributed by atoms with van der Waals surface area (Å²) in [7, 11) is 0. The van der Waals surface area contributed by atoms with E-state index in [0.29, 0.717) is 23.3 Å². The lowest BCUT2D eigenvalue weighted by molar-refractivity contribution is -0.144. The van der Waals surface area contributed by atoms with E-state index in [1.54, 1.807) is 12.1 Å². The molecule has 122 valence electrons. The molecule has 2 aromatic rings. The van der Waals surface area contributed by atoms with Crippen molar-refractivity contribution in [1.82, 2.24) is 15.0 Å². The standard InChI is InChI=1S/C16H18ClN3O3/c1-10(20-8-2-3-12(9-20)16(21)22)15-18-14(19-23-15)11-4-6-13(17)7-5-11/h4-7,10,12H,2-3,8-9H2,1H3,(H,21,22). The van der Waals surface area contributed by atoms with Crippen LogP contribution >= 0.6 is 11.6 Å². The molecule has 0 aliphatic carbocycles. The highest BCUT2D eigenvalue weighted by Crippen LogP contribution is 2.27. The van der Waals surface area contributed by atoms with Crippen LogP contribution in [0.2, 0.25) is 5.02 Å². The second-order valence-corrected chi connectivity index (χ2v) is 6.25. The number of hydrogen-bond acceptors (Lipinski definition) is 5. The summed E-state index contributed by atoms with van der Waals surface area (Å²) < 4.78 is 5.38. The molecule has 2 atom stereocenters. The Hall–Kier alpha value is -1.92. The molecule has 3 rings (SSSR count). The van der Waals surface area contributed by atoms with Gasteiger partial charge in [0.1, 0.15) is 0 Å². The van der Waals surface area contributed by atoms with Gasteiger partial charge in [-0.3, -0.25) is 9.69 Å². The largest absolute Gasteiger partial charge is 0.481 e. The molecular weight excluding hydrogens is 318 g/mol. The Kier molecular flexibility index (Phi) is 4.63. The third kappa shape index (κ3) is 3.54. The van der Waals surface area contributed by atoms with Crippen molar-refractivity contribution in [3.63, 3.8) is 0 Å². The molecule has 0 bridgehead atoms. The van der Waals surface area contributed by atoms with Crippen LogP contribution in [0.5, 0.6) is 0 Å². The van der Waals surface area contributed by atoms with Gasteiger partial charge in [-0.15, -0.1) is 0 Å². The van der Waals surface area contributed by atoms with E-state index in [2.05, 4.69) is 15.0 Å². The minimum Gasteiger partial charge on any atom is -0.481 e. The maximum Gasteiger partial charge on any atom is 0.307 e. The van der Waals surface area contributed by atoms with Crippen molar-refractivity contribution < 1.29 is 14.4 Å². The maximum atomic E-state index is 11.2. The van der Waals surface area contributed by atoms with Gasteiger partial charge in [0, 0.05) is 17.1 Å². The first kappa shape index (κ1) is 16.0. The van der Waals surface area contributed by atoms with Crippen molar-refractivity contribution in [3.05, 3.63) is 35.2 Å². The summed E-state index contributed by atoms with van der Waals surface area (Å²) >= 11 is 5.88. The number of likely N-dealkylation sites (tertiary alicyclic amines) is 1. The molecule has 2 heterocycles. The maximum absolute atomic E-state index is 11.2. The van der Waals surface area contributed by atoms with Crippen LogP contribution in [0.1, 0.15) is 31.7 Å². The molecule has 1 aliphatic rings. The topological polar surface area (TPSA) is 79.5 Å². The van der Waals surface area contributed by atoms with Gasteiger partial charge >= 0.3 is 5.97 Å². The van der Waals surface area contributed by atoms with Crippen molar-refractivity contribution >= 4 is 17.6 Å². The van der Waals surface area contributed by atoms with Gasteiger partial charge in [-0.2, -0.15) is 4.98 Å². The van der Waals surface area contributed by atoms with Gasteiger partial charge in [-0.05, 0) is 50.6 Å². The fourth-order valence-electron chi connectivity index (χ4n) is 2.84. The van der Waals surface area contributed by atoms with Gasteiger partial charge in [-0.1, -0.05) is 16.8 Å². The van der Waals surface area contributed by atoms with E-state index in [4.69, 9.17) is 16.1 Å². The van der Waals surface area contributed by atoms with E-state index in [1.807, 2.05) is 19.1 Å². The van der Waals surface area contributed by atoms with Gasteiger partial charge in [-0.25, -0.2) is 0 Å². The number of hydrogen-bond donors (Lipinski definition) is 1.